The Bertz CT molecular complexity index is 1110. The molecule has 0 saturated carbocycles. The van der Waals surface area contributed by atoms with Crippen molar-refractivity contribution < 1.29 is 9.59 Å². The van der Waals surface area contributed by atoms with E-state index in [-0.39, 0.29) is 24.1 Å². The van der Waals surface area contributed by atoms with Crippen molar-refractivity contribution in [1.29, 1.82) is 0 Å². The van der Waals surface area contributed by atoms with Crippen molar-refractivity contribution in [2.45, 2.75) is 37.8 Å². The van der Waals surface area contributed by atoms with Crippen molar-refractivity contribution in [2.24, 2.45) is 5.92 Å². The van der Waals surface area contributed by atoms with Gasteiger partial charge in [0.05, 0.1) is 5.75 Å². The molecule has 0 aliphatic carbocycles. The molecule has 0 heterocycles. The molecular formula is C28H30Cl2N2O2S. The smallest absolute Gasteiger partial charge is 0.243 e. The quantitative estimate of drug-likeness (QED) is 0.289. The molecule has 7 heteroatoms. The molecule has 0 fully saturated rings. The van der Waals surface area contributed by atoms with Crippen LogP contribution in [0.15, 0.2) is 83.8 Å². The van der Waals surface area contributed by atoms with Gasteiger partial charge >= 0.3 is 0 Å². The number of nitrogens with one attached hydrogen (secondary N) is 1. The number of benzene rings is 3. The van der Waals surface area contributed by atoms with Crippen LogP contribution in [0.3, 0.4) is 0 Å². The molecule has 0 unspecified atom stereocenters. The average Bonchev–Trinajstić information content (AvgIpc) is 2.85. The molecule has 35 heavy (non-hydrogen) atoms. The number of carbonyl (C=O) groups is 2. The molecule has 1 N–H and O–H groups in total. The Morgan fingerprint density at radius 2 is 1.57 bits per heavy atom. The van der Waals surface area contributed by atoms with Crippen LogP contribution >= 0.6 is 35.0 Å². The van der Waals surface area contributed by atoms with Crippen LogP contribution in [-0.4, -0.2) is 35.1 Å². The summed E-state index contributed by atoms with van der Waals surface area (Å²) in [6, 6.07) is 23.9. The maximum atomic E-state index is 13.6. The maximum absolute atomic E-state index is 13.6. The first kappa shape index (κ1) is 27.1. The van der Waals surface area contributed by atoms with E-state index in [1.54, 1.807) is 23.1 Å². The average molecular weight is 530 g/mol. The van der Waals surface area contributed by atoms with E-state index in [1.807, 2.05) is 74.5 Å². The van der Waals surface area contributed by atoms with E-state index in [1.165, 1.54) is 11.8 Å². The van der Waals surface area contributed by atoms with E-state index in [9.17, 15) is 9.59 Å². The van der Waals surface area contributed by atoms with E-state index in [4.69, 9.17) is 23.2 Å². The van der Waals surface area contributed by atoms with Crippen molar-refractivity contribution in [3.63, 3.8) is 0 Å². The molecular weight excluding hydrogens is 499 g/mol. The molecule has 0 aliphatic rings. The van der Waals surface area contributed by atoms with Gasteiger partial charge in [-0.25, -0.2) is 0 Å². The highest BCUT2D eigenvalue weighted by atomic mass is 35.5. The molecule has 4 nitrogen and oxygen atoms in total. The molecule has 184 valence electrons. The highest BCUT2D eigenvalue weighted by molar-refractivity contribution is 8.00. The fourth-order valence-corrected chi connectivity index (χ4v) is 4.65. The molecule has 0 bridgehead atoms. The predicted octanol–water partition coefficient (Wildman–Crippen LogP) is 6.50. The van der Waals surface area contributed by atoms with Crippen molar-refractivity contribution in [3.05, 3.63) is 100 Å². The molecule has 0 aromatic heterocycles. The highest BCUT2D eigenvalue weighted by Gasteiger charge is 2.30. The largest absolute Gasteiger partial charge is 0.354 e. The van der Waals surface area contributed by atoms with Gasteiger partial charge in [-0.2, -0.15) is 0 Å². The standard InChI is InChI=1S/C28H30Cl2N2O2S/c1-20(2)17-31-28(34)26(16-21-8-4-3-5-9-21)32(18-22-10-6-7-11-25(22)30)27(33)19-35-24-14-12-23(29)13-15-24/h3-15,20,26H,16-19H2,1-2H3,(H,31,34)/t26-/m0/s1. The minimum absolute atomic E-state index is 0.134. The third-order valence-electron chi connectivity index (χ3n) is 5.43. The van der Waals surface area contributed by atoms with Gasteiger partial charge in [0.1, 0.15) is 6.04 Å². The zero-order valence-electron chi connectivity index (χ0n) is 19.9. The summed E-state index contributed by atoms with van der Waals surface area (Å²) in [5.74, 6) is 0.184. The fraction of sp³-hybridized carbons (Fsp3) is 0.286. The van der Waals surface area contributed by atoms with Crippen LogP contribution in [0.2, 0.25) is 10.0 Å². The molecule has 3 aromatic rings. The van der Waals surface area contributed by atoms with E-state index >= 15 is 0 Å². The minimum atomic E-state index is -0.675. The summed E-state index contributed by atoms with van der Waals surface area (Å²) in [5, 5.41) is 4.24. The van der Waals surface area contributed by atoms with Crippen LogP contribution in [0.25, 0.3) is 0 Å². The number of thioether (sulfide) groups is 1. The monoisotopic (exact) mass is 528 g/mol. The van der Waals surface area contributed by atoms with Gasteiger partial charge in [-0.15, -0.1) is 11.8 Å². The summed E-state index contributed by atoms with van der Waals surface area (Å²) in [6.07, 6.45) is 0.409. The first-order valence-electron chi connectivity index (χ1n) is 11.6. The number of rotatable bonds is 11. The van der Waals surface area contributed by atoms with Gasteiger partial charge in [-0.05, 0) is 47.4 Å². The van der Waals surface area contributed by atoms with Crippen LogP contribution in [-0.2, 0) is 22.6 Å². The normalized spacial score (nSPS) is 11.8. The first-order chi connectivity index (χ1) is 16.8. The van der Waals surface area contributed by atoms with Gasteiger partial charge < -0.3 is 10.2 Å². The van der Waals surface area contributed by atoms with Gasteiger partial charge in [0, 0.05) is 34.5 Å². The summed E-state index contributed by atoms with van der Waals surface area (Å²) in [5.41, 5.74) is 1.79. The zero-order valence-corrected chi connectivity index (χ0v) is 22.2. The highest BCUT2D eigenvalue weighted by Crippen LogP contribution is 2.24. The summed E-state index contributed by atoms with van der Waals surface area (Å²) in [7, 11) is 0. The summed E-state index contributed by atoms with van der Waals surface area (Å²) >= 11 is 13.9. The van der Waals surface area contributed by atoms with Crippen molar-refractivity contribution in [3.8, 4) is 0 Å². The second-order valence-electron chi connectivity index (χ2n) is 8.70. The van der Waals surface area contributed by atoms with Crippen LogP contribution in [0.4, 0.5) is 0 Å². The first-order valence-corrected chi connectivity index (χ1v) is 13.3. The predicted molar refractivity (Wildman–Crippen MR) is 146 cm³/mol. The topological polar surface area (TPSA) is 49.4 Å². The number of nitrogens with zero attached hydrogens (tertiary/aromatic N) is 1. The second-order valence-corrected chi connectivity index (χ2v) is 10.6. The summed E-state index contributed by atoms with van der Waals surface area (Å²) < 4.78 is 0. The summed E-state index contributed by atoms with van der Waals surface area (Å²) in [6.45, 7) is 4.87. The molecule has 0 spiro atoms. The Hall–Kier alpha value is -2.47. The van der Waals surface area contributed by atoms with Gasteiger partial charge in [0.2, 0.25) is 11.8 Å². The number of amides is 2. The van der Waals surface area contributed by atoms with E-state index in [2.05, 4.69) is 5.32 Å². The summed E-state index contributed by atoms with van der Waals surface area (Å²) in [4.78, 5) is 29.6. The Balaban J connectivity index is 1.90. The van der Waals surface area contributed by atoms with E-state index < -0.39 is 6.04 Å². The van der Waals surface area contributed by atoms with E-state index in [0.29, 0.717) is 28.9 Å². The van der Waals surface area contributed by atoms with Crippen LogP contribution < -0.4 is 5.32 Å². The van der Waals surface area contributed by atoms with Crippen molar-refractivity contribution in [1.82, 2.24) is 10.2 Å². The van der Waals surface area contributed by atoms with Gasteiger partial charge in [-0.1, -0.05) is 85.6 Å². The fourth-order valence-electron chi connectivity index (χ4n) is 3.55. The lowest BCUT2D eigenvalue weighted by molar-refractivity contribution is -0.139. The van der Waals surface area contributed by atoms with Crippen molar-refractivity contribution >= 4 is 46.8 Å². The Kier molecular flexibility index (Phi) is 10.5. The van der Waals surface area contributed by atoms with Crippen molar-refractivity contribution in [2.75, 3.05) is 12.3 Å². The van der Waals surface area contributed by atoms with Crippen LogP contribution in [0.1, 0.15) is 25.0 Å². The lowest BCUT2D eigenvalue weighted by Gasteiger charge is -2.32. The van der Waals surface area contributed by atoms with E-state index in [0.717, 1.165) is 16.0 Å². The molecule has 1 atom stereocenters. The van der Waals surface area contributed by atoms with Gasteiger partial charge in [0.25, 0.3) is 0 Å². The minimum Gasteiger partial charge on any atom is -0.354 e. The van der Waals surface area contributed by atoms with Crippen LogP contribution in [0.5, 0.6) is 0 Å². The number of hydrogen-bond donors (Lipinski definition) is 1. The molecule has 0 radical (unpaired) electrons. The number of halogens is 2. The molecule has 2 amide bonds. The van der Waals surface area contributed by atoms with Gasteiger partial charge in [-0.3, -0.25) is 9.59 Å². The number of carbonyl (C=O) groups excluding carboxylic acids is 2. The lowest BCUT2D eigenvalue weighted by Crippen LogP contribution is -2.51. The molecule has 3 aromatic carbocycles. The maximum Gasteiger partial charge on any atom is 0.243 e. The second kappa shape index (κ2) is 13.6. The SMILES string of the molecule is CC(C)CNC(=O)[C@H](Cc1ccccc1)N(Cc1ccccc1Cl)C(=O)CSc1ccc(Cl)cc1. The number of hydrogen-bond acceptors (Lipinski definition) is 3. The van der Waals surface area contributed by atoms with Gasteiger partial charge in [0.15, 0.2) is 0 Å². The Morgan fingerprint density at radius 3 is 2.23 bits per heavy atom. The lowest BCUT2D eigenvalue weighted by atomic mass is 10.0. The molecule has 0 aliphatic heterocycles. The third-order valence-corrected chi connectivity index (χ3v) is 7.05. The Labute approximate surface area is 222 Å². The zero-order chi connectivity index (χ0) is 25.2. The molecule has 0 saturated heterocycles. The molecule has 3 rings (SSSR count). The van der Waals surface area contributed by atoms with Crippen LogP contribution in [0, 0.1) is 5.92 Å². The third kappa shape index (κ3) is 8.60. The Morgan fingerprint density at radius 1 is 0.914 bits per heavy atom.